The van der Waals surface area contributed by atoms with E-state index in [0.29, 0.717) is 38.4 Å². The van der Waals surface area contributed by atoms with E-state index in [0.717, 1.165) is 0 Å². The van der Waals surface area contributed by atoms with E-state index in [1.54, 1.807) is 14.1 Å². The number of rotatable bonds is 3. The summed E-state index contributed by atoms with van der Waals surface area (Å²) in [5, 5.41) is 0. The van der Waals surface area contributed by atoms with E-state index < -0.39 is 0 Å². The van der Waals surface area contributed by atoms with Gasteiger partial charge in [-0.2, -0.15) is 0 Å². The molecule has 126 valence electrons. The van der Waals surface area contributed by atoms with E-state index in [9.17, 15) is 14.4 Å². The monoisotopic (exact) mass is 330 g/mol. The SMILES string of the molecule is CN(C)C(=O)c1cc(C=O)c2nc(N3CCOCC3)cc(=O)n2c1. The average molecular weight is 330 g/mol. The Labute approximate surface area is 138 Å². The van der Waals surface area contributed by atoms with Crippen molar-refractivity contribution < 1.29 is 14.3 Å². The van der Waals surface area contributed by atoms with E-state index in [4.69, 9.17) is 4.74 Å². The summed E-state index contributed by atoms with van der Waals surface area (Å²) in [4.78, 5) is 43.8. The molecule has 1 aliphatic heterocycles. The topological polar surface area (TPSA) is 84.2 Å². The first-order valence-electron chi connectivity index (χ1n) is 7.58. The fourth-order valence-electron chi connectivity index (χ4n) is 2.63. The minimum atomic E-state index is -0.335. The lowest BCUT2D eigenvalue weighted by Crippen LogP contribution is -2.37. The summed E-state index contributed by atoms with van der Waals surface area (Å²) < 4.78 is 6.54. The van der Waals surface area contributed by atoms with Crippen LogP contribution in [0.1, 0.15) is 20.7 Å². The molecular formula is C16H18N4O4. The Morgan fingerprint density at radius 3 is 2.62 bits per heavy atom. The predicted molar refractivity (Wildman–Crippen MR) is 87.9 cm³/mol. The van der Waals surface area contributed by atoms with Crippen molar-refractivity contribution in [1.82, 2.24) is 14.3 Å². The van der Waals surface area contributed by atoms with Crippen molar-refractivity contribution in [2.45, 2.75) is 0 Å². The molecule has 24 heavy (non-hydrogen) atoms. The van der Waals surface area contributed by atoms with Crippen molar-refractivity contribution >= 4 is 23.7 Å². The number of pyridine rings is 1. The van der Waals surface area contributed by atoms with Gasteiger partial charge in [0.2, 0.25) is 0 Å². The van der Waals surface area contributed by atoms with Gasteiger partial charge < -0.3 is 14.5 Å². The molecule has 3 rings (SSSR count). The third kappa shape index (κ3) is 2.88. The Balaban J connectivity index is 2.16. The van der Waals surface area contributed by atoms with Crippen LogP contribution >= 0.6 is 0 Å². The number of anilines is 1. The number of ether oxygens (including phenoxy) is 1. The normalized spacial score (nSPS) is 14.7. The van der Waals surface area contributed by atoms with Gasteiger partial charge in [0.05, 0.1) is 24.3 Å². The number of carbonyl (C=O) groups is 2. The van der Waals surface area contributed by atoms with Crippen LogP contribution in [0.2, 0.25) is 0 Å². The number of aldehydes is 1. The maximum absolute atomic E-state index is 12.5. The molecule has 0 aliphatic carbocycles. The van der Waals surface area contributed by atoms with Crippen molar-refractivity contribution in [3.8, 4) is 0 Å². The van der Waals surface area contributed by atoms with Crippen molar-refractivity contribution in [3.05, 3.63) is 39.8 Å². The molecule has 0 bridgehead atoms. The molecule has 1 aliphatic rings. The third-order valence-electron chi connectivity index (χ3n) is 3.89. The first kappa shape index (κ1) is 16.1. The molecular weight excluding hydrogens is 312 g/mol. The highest BCUT2D eigenvalue weighted by molar-refractivity contribution is 5.97. The van der Waals surface area contributed by atoms with Crippen LogP contribution in [-0.4, -0.2) is 66.9 Å². The van der Waals surface area contributed by atoms with Gasteiger partial charge in [0.15, 0.2) is 11.9 Å². The molecule has 2 aromatic rings. The Kier molecular flexibility index (Phi) is 4.30. The van der Waals surface area contributed by atoms with E-state index >= 15 is 0 Å². The number of hydrogen-bond donors (Lipinski definition) is 0. The smallest absolute Gasteiger partial charge is 0.259 e. The molecule has 1 amide bonds. The zero-order valence-electron chi connectivity index (χ0n) is 13.6. The van der Waals surface area contributed by atoms with Gasteiger partial charge in [-0.3, -0.25) is 18.8 Å². The minimum absolute atomic E-state index is 0.204. The standard InChI is InChI=1S/C16H18N4O4/c1-18(2)16(23)11-7-12(10-21)15-17-13(8-14(22)20(15)9-11)19-3-5-24-6-4-19/h7-10H,3-6H2,1-2H3. The summed E-state index contributed by atoms with van der Waals surface area (Å²) in [5.74, 6) is 0.224. The molecule has 0 spiro atoms. The summed E-state index contributed by atoms with van der Waals surface area (Å²) in [5.41, 5.74) is 0.375. The predicted octanol–water partition coefficient (Wildman–Crippen LogP) is 0.0454. The molecule has 3 heterocycles. The second kappa shape index (κ2) is 6.40. The lowest BCUT2D eigenvalue weighted by Gasteiger charge is -2.27. The van der Waals surface area contributed by atoms with Gasteiger partial charge in [0.25, 0.3) is 11.5 Å². The van der Waals surface area contributed by atoms with Crippen LogP contribution in [0.4, 0.5) is 5.82 Å². The van der Waals surface area contributed by atoms with Crippen LogP contribution in [0.25, 0.3) is 5.65 Å². The van der Waals surface area contributed by atoms with E-state index in [1.165, 1.54) is 27.6 Å². The molecule has 0 N–H and O–H groups in total. The minimum Gasteiger partial charge on any atom is -0.378 e. The highest BCUT2D eigenvalue weighted by atomic mass is 16.5. The molecule has 0 radical (unpaired) electrons. The van der Waals surface area contributed by atoms with Crippen LogP contribution in [0.15, 0.2) is 23.1 Å². The number of amides is 1. The average Bonchev–Trinajstić information content (AvgIpc) is 2.60. The molecule has 8 nitrogen and oxygen atoms in total. The Morgan fingerprint density at radius 1 is 1.29 bits per heavy atom. The van der Waals surface area contributed by atoms with Crippen LogP contribution in [-0.2, 0) is 4.74 Å². The highest BCUT2D eigenvalue weighted by Gasteiger charge is 2.18. The fraction of sp³-hybridized carbons (Fsp3) is 0.375. The largest absolute Gasteiger partial charge is 0.378 e. The molecule has 1 fully saturated rings. The fourth-order valence-corrected chi connectivity index (χ4v) is 2.63. The molecule has 0 atom stereocenters. The van der Waals surface area contributed by atoms with Crippen LogP contribution < -0.4 is 10.5 Å². The van der Waals surface area contributed by atoms with Gasteiger partial charge in [-0.1, -0.05) is 0 Å². The summed E-state index contributed by atoms with van der Waals surface area (Å²) in [7, 11) is 3.21. The molecule has 1 saturated heterocycles. The molecule has 8 heteroatoms. The lowest BCUT2D eigenvalue weighted by atomic mass is 10.2. The molecule has 0 unspecified atom stereocenters. The van der Waals surface area contributed by atoms with Gasteiger partial charge in [-0.25, -0.2) is 4.98 Å². The van der Waals surface area contributed by atoms with E-state index in [-0.39, 0.29) is 28.2 Å². The van der Waals surface area contributed by atoms with Crippen LogP contribution in [0, 0.1) is 0 Å². The maximum atomic E-state index is 12.5. The quantitative estimate of drug-likeness (QED) is 0.739. The zero-order valence-corrected chi connectivity index (χ0v) is 13.6. The second-order valence-electron chi connectivity index (χ2n) is 5.75. The van der Waals surface area contributed by atoms with Crippen molar-refractivity contribution in [1.29, 1.82) is 0 Å². The number of nitrogens with zero attached hydrogens (tertiary/aromatic N) is 4. The third-order valence-corrected chi connectivity index (χ3v) is 3.89. The number of hydrogen-bond acceptors (Lipinski definition) is 6. The van der Waals surface area contributed by atoms with Crippen molar-refractivity contribution in [3.63, 3.8) is 0 Å². The Morgan fingerprint density at radius 2 is 2.00 bits per heavy atom. The summed E-state index contributed by atoms with van der Waals surface area (Å²) in [6.07, 6.45) is 2.03. The Hall–Kier alpha value is -2.74. The first-order valence-corrected chi connectivity index (χ1v) is 7.58. The summed E-state index contributed by atoms with van der Waals surface area (Å²) in [6, 6.07) is 2.87. The number of aromatic nitrogens is 2. The van der Waals surface area contributed by atoms with Gasteiger partial charge in [0.1, 0.15) is 5.82 Å². The maximum Gasteiger partial charge on any atom is 0.259 e. The van der Waals surface area contributed by atoms with E-state index in [2.05, 4.69) is 4.98 Å². The summed E-state index contributed by atoms with van der Waals surface area (Å²) >= 11 is 0. The Bertz CT molecular complexity index is 853. The van der Waals surface area contributed by atoms with Crippen molar-refractivity contribution in [2.75, 3.05) is 45.3 Å². The zero-order chi connectivity index (χ0) is 17.3. The summed E-state index contributed by atoms with van der Waals surface area (Å²) in [6.45, 7) is 2.40. The van der Waals surface area contributed by atoms with Crippen LogP contribution in [0.5, 0.6) is 0 Å². The van der Waals surface area contributed by atoms with Gasteiger partial charge in [-0.15, -0.1) is 0 Å². The van der Waals surface area contributed by atoms with Crippen molar-refractivity contribution in [2.24, 2.45) is 0 Å². The van der Waals surface area contributed by atoms with Crippen LogP contribution in [0.3, 0.4) is 0 Å². The van der Waals surface area contributed by atoms with Gasteiger partial charge >= 0.3 is 0 Å². The highest BCUT2D eigenvalue weighted by Crippen LogP contribution is 2.16. The van der Waals surface area contributed by atoms with Gasteiger partial charge in [-0.05, 0) is 6.07 Å². The second-order valence-corrected chi connectivity index (χ2v) is 5.75. The molecule has 0 aromatic carbocycles. The molecule has 2 aromatic heterocycles. The van der Waals surface area contributed by atoms with Gasteiger partial charge in [0, 0.05) is 39.4 Å². The number of morpholine rings is 1. The van der Waals surface area contributed by atoms with E-state index in [1.807, 2.05) is 4.90 Å². The first-order chi connectivity index (χ1) is 11.5. The molecule has 0 saturated carbocycles. The lowest BCUT2D eigenvalue weighted by molar-refractivity contribution is 0.0827. The number of carbonyl (C=O) groups excluding carboxylic acids is 2. The number of fused-ring (bicyclic) bond motifs is 1.